The molecule has 0 heterocycles. The third-order valence-electron chi connectivity index (χ3n) is 3.35. The van der Waals surface area contributed by atoms with Gasteiger partial charge in [0.15, 0.2) is 0 Å². The molecule has 0 saturated carbocycles. The van der Waals surface area contributed by atoms with E-state index in [1.54, 1.807) is 25.1 Å². The summed E-state index contributed by atoms with van der Waals surface area (Å²) in [5.41, 5.74) is 0.529. The molecule has 0 bridgehead atoms. The van der Waals surface area contributed by atoms with E-state index >= 15 is 0 Å². The number of nitrogens with one attached hydrogen (secondary N) is 1. The summed E-state index contributed by atoms with van der Waals surface area (Å²) in [5, 5.41) is 2.70. The Morgan fingerprint density at radius 2 is 1.92 bits per heavy atom. The highest BCUT2D eigenvalue weighted by Gasteiger charge is 2.21. The van der Waals surface area contributed by atoms with Crippen LogP contribution in [-0.2, 0) is 30.8 Å². The summed E-state index contributed by atoms with van der Waals surface area (Å²) in [6.07, 6.45) is -0.636. The molecule has 136 valence electrons. The van der Waals surface area contributed by atoms with Gasteiger partial charge in [-0.05, 0) is 25.5 Å². The number of nitrogens with zero attached hydrogens (tertiary/aromatic N) is 1. The molecule has 1 atom stereocenters. The average Bonchev–Trinajstić information content (AvgIpc) is 2.56. The van der Waals surface area contributed by atoms with Gasteiger partial charge >= 0.3 is 0 Å². The molecule has 0 radical (unpaired) electrons. The van der Waals surface area contributed by atoms with Crippen LogP contribution in [0.15, 0.2) is 29.2 Å². The van der Waals surface area contributed by atoms with Crippen LogP contribution in [0.5, 0.6) is 0 Å². The minimum Gasteiger partial charge on any atom is -0.379 e. The number of hydrogen-bond acceptors (Lipinski definition) is 5. The highest BCUT2D eigenvalue weighted by atomic mass is 32.2. The molecule has 8 heteroatoms. The van der Waals surface area contributed by atoms with Crippen molar-refractivity contribution < 1.29 is 22.7 Å². The van der Waals surface area contributed by atoms with Gasteiger partial charge in [-0.2, -0.15) is 0 Å². The molecule has 0 spiro atoms. The normalized spacial score (nSPS) is 13.0. The molecule has 0 aliphatic rings. The van der Waals surface area contributed by atoms with Crippen molar-refractivity contribution in [3.63, 3.8) is 0 Å². The van der Waals surface area contributed by atoms with Crippen LogP contribution < -0.4 is 5.32 Å². The Labute approximate surface area is 144 Å². The first-order chi connectivity index (χ1) is 11.3. The van der Waals surface area contributed by atoms with Gasteiger partial charge in [0.2, 0.25) is 15.9 Å². The Morgan fingerprint density at radius 3 is 2.54 bits per heavy atom. The van der Waals surface area contributed by atoms with Crippen molar-refractivity contribution in [1.29, 1.82) is 0 Å². The molecular weight excluding hydrogens is 332 g/mol. The van der Waals surface area contributed by atoms with E-state index in [1.165, 1.54) is 20.2 Å². The van der Waals surface area contributed by atoms with E-state index in [2.05, 4.69) is 5.32 Å². The second kappa shape index (κ2) is 9.73. The molecule has 1 amide bonds. The summed E-state index contributed by atoms with van der Waals surface area (Å²) in [7, 11) is -0.620. The van der Waals surface area contributed by atoms with Crippen LogP contribution in [0.4, 0.5) is 0 Å². The summed E-state index contributed by atoms with van der Waals surface area (Å²) < 4.78 is 36.3. The number of rotatable bonds is 10. The highest BCUT2D eigenvalue weighted by Crippen LogP contribution is 2.18. The summed E-state index contributed by atoms with van der Waals surface area (Å²) in [6, 6.07) is 6.59. The lowest BCUT2D eigenvalue weighted by Crippen LogP contribution is -2.35. The van der Waals surface area contributed by atoms with Crippen LogP contribution in [0.3, 0.4) is 0 Å². The Balaban J connectivity index is 2.67. The quantitative estimate of drug-likeness (QED) is 0.631. The first kappa shape index (κ1) is 20.6. The van der Waals surface area contributed by atoms with Crippen molar-refractivity contribution >= 4 is 15.9 Å². The van der Waals surface area contributed by atoms with E-state index < -0.39 is 16.1 Å². The molecule has 1 unspecified atom stereocenters. The van der Waals surface area contributed by atoms with Crippen molar-refractivity contribution in [3.8, 4) is 0 Å². The van der Waals surface area contributed by atoms with Gasteiger partial charge in [0.05, 0.1) is 18.1 Å². The van der Waals surface area contributed by atoms with Crippen LogP contribution in [0, 0.1) is 0 Å². The Hall–Kier alpha value is -1.48. The van der Waals surface area contributed by atoms with Gasteiger partial charge in [-0.15, -0.1) is 0 Å². The summed E-state index contributed by atoms with van der Waals surface area (Å²) in [4.78, 5) is 12.2. The number of benzene rings is 1. The van der Waals surface area contributed by atoms with Gasteiger partial charge < -0.3 is 14.8 Å². The third kappa shape index (κ3) is 5.86. The molecule has 24 heavy (non-hydrogen) atoms. The smallest absolute Gasteiger partial charge is 0.249 e. The van der Waals surface area contributed by atoms with E-state index in [1.807, 2.05) is 6.92 Å². The number of amides is 1. The van der Waals surface area contributed by atoms with Crippen LogP contribution >= 0.6 is 0 Å². The van der Waals surface area contributed by atoms with Gasteiger partial charge in [0.1, 0.15) is 6.10 Å². The zero-order valence-electron chi connectivity index (χ0n) is 14.6. The predicted molar refractivity (Wildman–Crippen MR) is 91.1 cm³/mol. The number of carbonyl (C=O) groups is 1. The molecule has 1 rings (SSSR count). The molecule has 0 saturated heterocycles. The Morgan fingerprint density at radius 1 is 1.25 bits per heavy atom. The molecule has 0 aliphatic heterocycles. The number of hydrogen-bond donors (Lipinski definition) is 1. The van der Waals surface area contributed by atoms with Gasteiger partial charge in [0.25, 0.3) is 0 Å². The van der Waals surface area contributed by atoms with Crippen LogP contribution in [0.25, 0.3) is 0 Å². The molecule has 7 nitrogen and oxygen atoms in total. The molecule has 0 aliphatic carbocycles. The molecular formula is C16H26N2O5S. The Bertz CT molecular complexity index is 631. The van der Waals surface area contributed by atoms with Gasteiger partial charge in [0, 0.05) is 27.2 Å². The first-order valence-electron chi connectivity index (χ1n) is 7.78. The van der Waals surface area contributed by atoms with Crippen LogP contribution in [0.1, 0.15) is 19.4 Å². The van der Waals surface area contributed by atoms with Gasteiger partial charge in [-0.25, -0.2) is 12.7 Å². The second-order valence-corrected chi connectivity index (χ2v) is 7.44. The maximum absolute atomic E-state index is 12.3. The first-order valence-corrected chi connectivity index (χ1v) is 9.22. The topological polar surface area (TPSA) is 84.9 Å². The van der Waals surface area contributed by atoms with E-state index in [-0.39, 0.29) is 17.3 Å². The average molecular weight is 358 g/mol. The van der Waals surface area contributed by atoms with Crippen molar-refractivity contribution in [2.75, 3.05) is 33.9 Å². The van der Waals surface area contributed by atoms with Gasteiger partial charge in [-0.1, -0.05) is 18.2 Å². The van der Waals surface area contributed by atoms with Gasteiger partial charge in [-0.3, -0.25) is 4.79 Å². The predicted octanol–water partition coefficient (Wildman–Crippen LogP) is 0.995. The van der Waals surface area contributed by atoms with E-state index in [0.717, 1.165) is 4.31 Å². The molecule has 1 aromatic rings. The SMILES string of the molecule is CCOCCOC(C)C(=O)NCc1ccccc1S(=O)(=O)N(C)C. The second-order valence-electron chi connectivity index (χ2n) is 5.32. The van der Waals surface area contributed by atoms with Crippen molar-refractivity contribution in [2.24, 2.45) is 0 Å². The number of carbonyl (C=O) groups excluding carboxylic acids is 1. The monoisotopic (exact) mass is 358 g/mol. The minimum atomic E-state index is -3.56. The zero-order chi connectivity index (χ0) is 18.2. The fourth-order valence-corrected chi connectivity index (χ4v) is 3.04. The van der Waals surface area contributed by atoms with Crippen molar-refractivity contribution in [1.82, 2.24) is 9.62 Å². The molecule has 0 aromatic heterocycles. The highest BCUT2D eigenvalue weighted by molar-refractivity contribution is 7.89. The van der Waals surface area contributed by atoms with Crippen LogP contribution in [0.2, 0.25) is 0 Å². The maximum Gasteiger partial charge on any atom is 0.249 e. The summed E-state index contributed by atoms with van der Waals surface area (Å²) in [6.45, 7) is 4.99. The van der Waals surface area contributed by atoms with E-state index in [0.29, 0.717) is 25.4 Å². The number of sulfonamides is 1. The maximum atomic E-state index is 12.3. The van der Waals surface area contributed by atoms with Crippen molar-refractivity contribution in [3.05, 3.63) is 29.8 Å². The number of ether oxygens (including phenoxy) is 2. The Kier molecular flexibility index (Phi) is 8.34. The molecule has 1 aromatic carbocycles. The third-order valence-corrected chi connectivity index (χ3v) is 5.27. The summed E-state index contributed by atoms with van der Waals surface area (Å²) >= 11 is 0. The lowest BCUT2D eigenvalue weighted by Gasteiger charge is -2.17. The fraction of sp³-hybridized carbons (Fsp3) is 0.562. The van der Waals surface area contributed by atoms with E-state index in [4.69, 9.17) is 9.47 Å². The van der Waals surface area contributed by atoms with Crippen molar-refractivity contribution in [2.45, 2.75) is 31.4 Å². The fourth-order valence-electron chi connectivity index (χ4n) is 1.93. The zero-order valence-corrected chi connectivity index (χ0v) is 15.4. The molecule has 0 fully saturated rings. The molecule has 1 N–H and O–H groups in total. The lowest BCUT2D eigenvalue weighted by molar-refractivity contribution is -0.132. The van der Waals surface area contributed by atoms with Crippen LogP contribution in [-0.4, -0.2) is 58.7 Å². The minimum absolute atomic E-state index is 0.112. The van der Waals surface area contributed by atoms with E-state index in [9.17, 15) is 13.2 Å². The summed E-state index contributed by atoms with van der Waals surface area (Å²) in [5.74, 6) is -0.302. The standard InChI is InChI=1S/C16H26N2O5S/c1-5-22-10-11-23-13(2)16(19)17-12-14-8-6-7-9-15(14)24(20,21)18(3)4/h6-9,13H,5,10-12H2,1-4H3,(H,17,19). The largest absolute Gasteiger partial charge is 0.379 e. The lowest BCUT2D eigenvalue weighted by atomic mass is 10.2.